The lowest BCUT2D eigenvalue weighted by Crippen LogP contribution is -2.38. The van der Waals surface area contributed by atoms with Crippen molar-refractivity contribution in [1.29, 1.82) is 0 Å². The highest BCUT2D eigenvalue weighted by atomic mass is 16.5. The Morgan fingerprint density at radius 1 is 1.16 bits per heavy atom. The molecule has 0 radical (unpaired) electrons. The normalized spacial score (nSPS) is 11.5. The Kier molecular flexibility index (Phi) is 8.18. The van der Waals surface area contributed by atoms with Crippen LogP contribution in [-0.4, -0.2) is 49.5 Å². The summed E-state index contributed by atoms with van der Waals surface area (Å²) in [6, 6.07) is 12.1. The first-order chi connectivity index (χ1) is 15.2. The Balaban J connectivity index is 1.61. The minimum Gasteiger partial charge on any atom is -0.493 e. The molecule has 0 aliphatic carbocycles. The zero-order chi connectivity index (χ0) is 22.1. The fourth-order valence-electron chi connectivity index (χ4n) is 3.48. The van der Waals surface area contributed by atoms with Crippen molar-refractivity contribution < 1.29 is 14.6 Å². The summed E-state index contributed by atoms with van der Waals surface area (Å²) in [5.74, 6) is 2.02. The molecular weight excluding hydrogens is 392 g/mol. The zero-order valence-electron chi connectivity index (χ0n) is 18.5. The standard InChI is InChI=1S/C24H32N4O3/c1-4-25-24(26-11-10-19-16-27-23-17(2)6-5-7-20(19)23)28-15-18-8-9-21(31-13-12-29)22(14-18)30-3/h5-9,14,16,27,29H,4,10-13,15H2,1-3H3,(H2,25,26,28). The second kappa shape index (κ2) is 11.3. The number of aromatic amines is 1. The minimum absolute atomic E-state index is 0.0366. The van der Waals surface area contributed by atoms with Crippen molar-refractivity contribution in [3.63, 3.8) is 0 Å². The number of aliphatic hydroxyl groups excluding tert-OH is 1. The Hall–Kier alpha value is -3.19. The van der Waals surface area contributed by atoms with Crippen molar-refractivity contribution in [2.24, 2.45) is 4.99 Å². The molecule has 31 heavy (non-hydrogen) atoms. The maximum atomic E-state index is 8.94. The molecule has 1 heterocycles. The van der Waals surface area contributed by atoms with Gasteiger partial charge in [-0.2, -0.15) is 0 Å². The highest BCUT2D eigenvalue weighted by Crippen LogP contribution is 2.28. The first kappa shape index (κ1) is 22.5. The van der Waals surface area contributed by atoms with Crippen LogP contribution in [0, 0.1) is 6.92 Å². The maximum Gasteiger partial charge on any atom is 0.191 e. The van der Waals surface area contributed by atoms with Crippen LogP contribution < -0.4 is 20.1 Å². The predicted octanol–water partition coefficient (Wildman–Crippen LogP) is 3.15. The number of nitrogens with zero attached hydrogens (tertiary/aromatic N) is 1. The monoisotopic (exact) mass is 424 g/mol. The topological polar surface area (TPSA) is 90.9 Å². The number of hydrogen-bond acceptors (Lipinski definition) is 4. The number of ether oxygens (including phenoxy) is 2. The van der Waals surface area contributed by atoms with Crippen LogP contribution in [0.4, 0.5) is 0 Å². The molecule has 7 heteroatoms. The molecule has 166 valence electrons. The van der Waals surface area contributed by atoms with Crippen LogP contribution >= 0.6 is 0 Å². The molecule has 7 nitrogen and oxygen atoms in total. The van der Waals surface area contributed by atoms with Crippen molar-refractivity contribution in [2.45, 2.75) is 26.8 Å². The van der Waals surface area contributed by atoms with Gasteiger partial charge in [0, 0.05) is 30.2 Å². The largest absolute Gasteiger partial charge is 0.493 e. The first-order valence-corrected chi connectivity index (χ1v) is 10.6. The molecule has 0 aliphatic rings. The number of aliphatic hydroxyl groups is 1. The van der Waals surface area contributed by atoms with Gasteiger partial charge in [0.05, 0.1) is 20.3 Å². The molecule has 0 fully saturated rings. The van der Waals surface area contributed by atoms with Gasteiger partial charge in [0.1, 0.15) is 6.61 Å². The third-order valence-electron chi connectivity index (χ3n) is 5.04. The number of hydrogen-bond donors (Lipinski definition) is 4. The van der Waals surface area contributed by atoms with E-state index in [1.165, 1.54) is 22.0 Å². The lowest BCUT2D eigenvalue weighted by Gasteiger charge is -2.13. The van der Waals surface area contributed by atoms with Crippen LogP contribution in [0.3, 0.4) is 0 Å². The number of benzene rings is 2. The number of nitrogens with one attached hydrogen (secondary N) is 3. The van der Waals surface area contributed by atoms with E-state index < -0.39 is 0 Å². The SMILES string of the molecule is CCNC(=NCc1ccc(OCCO)c(OC)c1)NCCc1c[nH]c2c(C)cccc12. The third-order valence-corrected chi connectivity index (χ3v) is 5.04. The van der Waals surface area contributed by atoms with Gasteiger partial charge in [0.15, 0.2) is 17.5 Å². The number of aromatic nitrogens is 1. The fourth-order valence-corrected chi connectivity index (χ4v) is 3.48. The number of methoxy groups -OCH3 is 1. The number of H-pyrrole nitrogens is 1. The number of guanidine groups is 1. The summed E-state index contributed by atoms with van der Waals surface area (Å²) in [6.45, 7) is 6.45. The molecule has 3 rings (SSSR count). The first-order valence-electron chi connectivity index (χ1n) is 10.6. The molecule has 0 atom stereocenters. The Bertz CT molecular complexity index is 1010. The summed E-state index contributed by atoms with van der Waals surface area (Å²) >= 11 is 0. The van der Waals surface area contributed by atoms with Crippen molar-refractivity contribution in [2.75, 3.05) is 33.4 Å². The van der Waals surface area contributed by atoms with Gasteiger partial charge in [0.25, 0.3) is 0 Å². The molecule has 3 aromatic rings. The summed E-state index contributed by atoms with van der Waals surface area (Å²) in [6.07, 6.45) is 2.99. The van der Waals surface area contributed by atoms with E-state index >= 15 is 0 Å². The summed E-state index contributed by atoms with van der Waals surface area (Å²) in [5, 5.41) is 16.9. The molecule has 0 spiro atoms. The van der Waals surface area contributed by atoms with Crippen LogP contribution in [0.15, 0.2) is 47.6 Å². The Morgan fingerprint density at radius 2 is 2.03 bits per heavy atom. The van der Waals surface area contributed by atoms with E-state index in [0.717, 1.165) is 31.0 Å². The van der Waals surface area contributed by atoms with Crippen LogP contribution in [0.5, 0.6) is 11.5 Å². The van der Waals surface area contributed by atoms with E-state index in [1.807, 2.05) is 18.2 Å². The van der Waals surface area contributed by atoms with E-state index in [1.54, 1.807) is 7.11 Å². The quantitative estimate of drug-likeness (QED) is 0.297. The van der Waals surface area contributed by atoms with E-state index in [4.69, 9.17) is 19.6 Å². The van der Waals surface area contributed by atoms with Gasteiger partial charge in [0.2, 0.25) is 0 Å². The molecule has 4 N–H and O–H groups in total. The van der Waals surface area contributed by atoms with Gasteiger partial charge in [-0.25, -0.2) is 4.99 Å². The van der Waals surface area contributed by atoms with Crippen LogP contribution in [0.1, 0.15) is 23.6 Å². The van der Waals surface area contributed by atoms with Crippen molar-refractivity contribution in [3.05, 3.63) is 59.3 Å². The number of aryl methyl sites for hydroxylation is 1. The van der Waals surface area contributed by atoms with E-state index in [2.05, 4.69) is 53.9 Å². The third kappa shape index (κ3) is 5.92. The van der Waals surface area contributed by atoms with Crippen LogP contribution in [0.2, 0.25) is 0 Å². The Morgan fingerprint density at radius 3 is 2.81 bits per heavy atom. The molecule has 0 bridgehead atoms. The summed E-state index contributed by atoms with van der Waals surface area (Å²) < 4.78 is 10.9. The lowest BCUT2D eigenvalue weighted by atomic mass is 10.1. The van der Waals surface area contributed by atoms with Gasteiger partial charge >= 0.3 is 0 Å². The minimum atomic E-state index is -0.0366. The molecule has 1 aromatic heterocycles. The van der Waals surface area contributed by atoms with Gasteiger partial charge < -0.3 is 30.2 Å². The second-order valence-electron chi connectivity index (χ2n) is 7.24. The van der Waals surface area contributed by atoms with Crippen molar-refractivity contribution in [3.8, 4) is 11.5 Å². The summed E-state index contributed by atoms with van der Waals surface area (Å²) in [7, 11) is 1.60. The van der Waals surface area contributed by atoms with Crippen LogP contribution in [0.25, 0.3) is 10.9 Å². The van der Waals surface area contributed by atoms with Crippen molar-refractivity contribution in [1.82, 2.24) is 15.6 Å². The molecular formula is C24H32N4O3. The average molecular weight is 425 g/mol. The molecule has 0 aliphatic heterocycles. The van der Waals surface area contributed by atoms with E-state index in [-0.39, 0.29) is 13.2 Å². The number of para-hydroxylation sites is 1. The summed E-state index contributed by atoms with van der Waals surface area (Å²) in [5.41, 5.74) is 4.77. The molecule has 0 saturated heterocycles. The zero-order valence-corrected chi connectivity index (χ0v) is 18.5. The highest BCUT2D eigenvalue weighted by molar-refractivity contribution is 5.86. The van der Waals surface area contributed by atoms with Crippen molar-refractivity contribution >= 4 is 16.9 Å². The maximum absolute atomic E-state index is 8.94. The fraction of sp³-hybridized carbons (Fsp3) is 0.375. The highest BCUT2D eigenvalue weighted by Gasteiger charge is 2.07. The average Bonchev–Trinajstić information content (AvgIpc) is 3.20. The smallest absolute Gasteiger partial charge is 0.191 e. The number of rotatable bonds is 10. The van der Waals surface area contributed by atoms with Gasteiger partial charge in [-0.05, 0) is 49.1 Å². The molecule has 2 aromatic carbocycles. The molecule has 0 saturated carbocycles. The van der Waals surface area contributed by atoms with Crippen LogP contribution in [-0.2, 0) is 13.0 Å². The second-order valence-corrected chi connectivity index (χ2v) is 7.24. The summed E-state index contributed by atoms with van der Waals surface area (Å²) in [4.78, 5) is 8.08. The van der Waals surface area contributed by atoms with E-state index in [9.17, 15) is 0 Å². The van der Waals surface area contributed by atoms with Gasteiger partial charge in [-0.1, -0.05) is 24.3 Å². The molecule has 0 amide bonds. The number of aliphatic imine (C=N–C) groups is 1. The molecule has 0 unspecified atom stereocenters. The van der Waals surface area contributed by atoms with Gasteiger partial charge in [-0.3, -0.25) is 0 Å². The van der Waals surface area contributed by atoms with Gasteiger partial charge in [-0.15, -0.1) is 0 Å². The Labute approximate surface area is 183 Å². The lowest BCUT2D eigenvalue weighted by molar-refractivity contribution is 0.196. The predicted molar refractivity (Wildman–Crippen MR) is 125 cm³/mol. The number of fused-ring (bicyclic) bond motifs is 1. The van der Waals surface area contributed by atoms with E-state index in [0.29, 0.717) is 18.0 Å².